The zero-order chi connectivity index (χ0) is 11.1. The van der Waals surface area contributed by atoms with Crippen molar-refractivity contribution >= 4 is 0 Å². The molecule has 0 aromatic heterocycles. The largest absolute Gasteiger partial charge is 0.394 e. The zero-order valence-electron chi connectivity index (χ0n) is 9.79. The Hall–Kier alpha value is -0.160. The van der Waals surface area contributed by atoms with Crippen molar-refractivity contribution in [1.82, 2.24) is 5.32 Å². The maximum Gasteiger partial charge on any atom is 0.0611 e. The molecule has 0 aliphatic carbocycles. The summed E-state index contributed by atoms with van der Waals surface area (Å²) in [6.45, 7) is 5.32. The summed E-state index contributed by atoms with van der Waals surface area (Å²) in [6, 6.07) is 0. The summed E-state index contributed by atoms with van der Waals surface area (Å²) in [7, 11) is 1.86. The summed E-state index contributed by atoms with van der Waals surface area (Å²) in [4.78, 5) is 0. The van der Waals surface area contributed by atoms with Gasteiger partial charge in [0.2, 0.25) is 0 Å². The molecular formula is C11H23NO3. The van der Waals surface area contributed by atoms with E-state index in [9.17, 15) is 0 Å². The minimum Gasteiger partial charge on any atom is -0.394 e. The second-order valence-electron chi connectivity index (χ2n) is 4.52. The Balaban J connectivity index is 2.04. The number of likely N-dealkylation sites (N-methyl/N-ethyl adjacent to an activating group) is 1. The molecule has 2 atom stereocenters. The number of hydrogen-bond acceptors (Lipinski definition) is 4. The van der Waals surface area contributed by atoms with Gasteiger partial charge < -0.3 is 19.9 Å². The molecule has 0 saturated carbocycles. The van der Waals surface area contributed by atoms with Crippen LogP contribution in [0.25, 0.3) is 0 Å². The van der Waals surface area contributed by atoms with Gasteiger partial charge in [-0.1, -0.05) is 0 Å². The minimum atomic E-state index is -0.216. The van der Waals surface area contributed by atoms with Gasteiger partial charge in [0.25, 0.3) is 0 Å². The van der Waals surface area contributed by atoms with Gasteiger partial charge in [0.05, 0.1) is 19.8 Å². The fraction of sp³-hybridized carbons (Fsp3) is 1.00. The normalized spacial score (nSPS) is 25.4. The smallest absolute Gasteiger partial charge is 0.0611 e. The standard InChI is InChI=1S/C11H23NO3/c1-11(9-13,12-2)4-6-15-8-10-3-5-14-7-10/h10,12-13H,3-9H2,1-2H3. The van der Waals surface area contributed by atoms with Crippen molar-refractivity contribution in [2.75, 3.05) is 40.1 Å². The van der Waals surface area contributed by atoms with Gasteiger partial charge in [0, 0.05) is 24.7 Å². The Labute approximate surface area is 92.0 Å². The molecule has 1 aliphatic rings. The second kappa shape index (κ2) is 6.43. The first-order valence-corrected chi connectivity index (χ1v) is 5.65. The van der Waals surface area contributed by atoms with E-state index in [-0.39, 0.29) is 12.1 Å². The van der Waals surface area contributed by atoms with E-state index in [4.69, 9.17) is 14.6 Å². The van der Waals surface area contributed by atoms with Gasteiger partial charge in [0.15, 0.2) is 0 Å². The molecule has 0 radical (unpaired) electrons. The summed E-state index contributed by atoms with van der Waals surface area (Å²) in [6.07, 6.45) is 1.94. The van der Waals surface area contributed by atoms with E-state index in [0.717, 1.165) is 32.7 Å². The molecule has 1 saturated heterocycles. The molecule has 0 bridgehead atoms. The maximum atomic E-state index is 9.16. The van der Waals surface area contributed by atoms with E-state index < -0.39 is 0 Å². The van der Waals surface area contributed by atoms with Gasteiger partial charge in [0.1, 0.15) is 0 Å². The molecule has 0 spiro atoms. The molecule has 4 heteroatoms. The lowest BCUT2D eigenvalue weighted by Gasteiger charge is -2.26. The Kier molecular flexibility index (Phi) is 5.53. The predicted octanol–water partition coefficient (Wildman–Crippen LogP) is 0.400. The monoisotopic (exact) mass is 217 g/mol. The lowest BCUT2D eigenvalue weighted by molar-refractivity contribution is 0.0641. The summed E-state index contributed by atoms with van der Waals surface area (Å²) >= 11 is 0. The van der Waals surface area contributed by atoms with E-state index >= 15 is 0 Å². The van der Waals surface area contributed by atoms with Crippen LogP contribution in [-0.2, 0) is 9.47 Å². The molecule has 15 heavy (non-hydrogen) atoms. The molecule has 1 rings (SSSR count). The van der Waals surface area contributed by atoms with Gasteiger partial charge in [-0.25, -0.2) is 0 Å². The number of nitrogens with one attached hydrogen (secondary N) is 1. The summed E-state index contributed by atoms with van der Waals surface area (Å²) in [5, 5.41) is 12.3. The van der Waals surface area contributed by atoms with Crippen molar-refractivity contribution in [3.63, 3.8) is 0 Å². The highest BCUT2D eigenvalue weighted by atomic mass is 16.5. The molecule has 4 nitrogen and oxygen atoms in total. The average Bonchev–Trinajstić information content (AvgIpc) is 2.77. The summed E-state index contributed by atoms with van der Waals surface area (Å²) < 4.78 is 10.9. The third kappa shape index (κ3) is 4.47. The first-order valence-electron chi connectivity index (χ1n) is 5.65. The molecule has 0 amide bonds. The van der Waals surface area contributed by atoms with Crippen molar-refractivity contribution in [2.24, 2.45) is 5.92 Å². The molecule has 1 fully saturated rings. The Morgan fingerprint density at radius 3 is 2.93 bits per heavy atom. The van der Waals surface area contributed by atoms with Crippen molar-refractivity contribution < 1.29 is 14.6 Å². The third-order valence-corrected chi connectivity index (χ3v) is 3.13. The Bertz CT molecular complexity index is 165. The van der Waals surface area contributed by atoms with E-state index in [1.54, 1.807) is 0 Å². The quantitative estimate of drug-likeness (QED) is 0.606. The van der Waals surface area contributed by atoms with E-state index in [2.05, 4.69) is 5.32 Å². The van der Waals surface area contributed by atoms with E-state index in [0.29, 0.717) is 12.5 Å². The first-order chi connectivity index (χ1) is 7.20. The highest BCUT2D eigenvalue weighted by molar-refractivity contribution is 4.80. The molecule has 2 N–H and O–H groups in total. The first kappa shape index (κ1) is 12.9. The van der Waals surface area contributed by atoms with E-state index in [1.807, 2.05) is 14.0 Å². The highest BCUT2D eigenvalue weighted by Gasteiger charge is 2.21. The molecule has 0 aromatic carbocycles. The molecule has 0 aromatic rings. The molecule has 2 unspecified atom stereocenters. The van der Waals surface area contributed by atoms with Crippen LogP contribution in [0.3, 0.4) is 0 Å². The third-order valence-electron chi connectivity index (χ3n) is 3.13. The zero-order valence-corrected chi connectivity index (χ0v) is 9.79. The molecule has 1 aliphatic heterocycles. The van der Waals surface area contributed by atoms with Crippen LogP contribution in [0.5, 0.6) is 0 Å². The molecule has 90 valence electrons. The van der Waals surface area contributed by atoms with Crippen LogP contribution in [0.1, 0.15) is 19.8 Å². The average molecular weight is 217 g/mol. The van der Waals surface area contributed by atoms with Crippen LogP contribution < -0.4 is 5.32 Å². The number of aliphatic hydroxyl groups is 1. The second-order valence-corrected chi connectivity index (χ2v) is 4.52. The van der Waals surface area contributed by atoms with Crippen molar-refractivity contribution in [3.8, 4) is 0 Å². The summed E-state index contributed by atoms with van der Waals surface area (Å²) in [5.41, 5.74) is -0.216. The highest BCUT2D eigenvalue weighted by Crippen LogP contribution is 2.13. The van der Waals surface area contributed by atoms with Gasteiger partial charge in [-0.3, -0.25) is 0 Å². The predicted molar refractivity (Wildman–Crippen MR) is 58.9 cm³/mol. The lowest BCUT2D eigenvalue weighted by Crippen LogP contribution is -2.44. The molecule has 1 heterocycles. The van der Waals surface area contributed by atoms with Crippen molar-refractivity contribution in [3.05, 3.63) is 0 Å². The van der Waals surface area contributed by atoms with Gasteiger partial charge in [-0.15, -0.1) is 0 Å². The van der Waals surface area contributed by atoms with Crippen LogP contribution in [0.4, 0.5) is 0 Å². The van der Waals surface area contributed by atoms with Crippen LogP contribution >= 0.6 is 0 Å². The Morgan fingerprint density at radius 1 is 1.60 bits per heavy atom. The summed E-state index contributed by atoms with van der Waals surface area (Å²) in [5.74, 6) is 0.569. The number of aliphatic hydroxyl groups excluding tert-OH is 1. The number of hydrogen-bond donors (Lipinski definition) is 2. The minimum absolute atomic E-state index is 0.138. The SMILES string of the molecule is CNC(C)(CO)CCOCC1CCOC1. The van der Waals surface area contributed by atoms with Crippen LogP contribution in [0.15, 0.2) is 0 Å². The van der Waals surface area contributed by atoms with Gasteiger partial charge >= 0.3 is 0 Å². The molecular weight excluding hydrogens is 194 g/mol. The van der Waals surface area contributed by atoms with Crippen molar-refractivity contribution in [2.45, 2.75) is 25.3 Å². The van der Waals surface area contributed by atoms with Gasteiger partial charge in [-0.05, 0) is 26.8 Å². The topological polar surface area (TPSA) is 50.7 Å². The van der Waals surface area contributed by atoms with E-state index in [1.165, 1.54) is 0 Å². The van der Waals surface area contributed by atoms with Crippen LogP contribution in [0, 0.1) is 5.92 Å². The number of rotatable bonds is 7. The maximum absolute atomic E-state index is 9.16. The van der Waals surface area contributed by atoms with Crippen molar-refractivity contribution in [1.29, 1.82) is 0 Å². The Morgan fingerprint density at radius 2 is 2.40 bits per heavy atom. The lowest BCUT2D eigenvalue weighted by atomic mass is 10.0. The van der Waals surface area contributed by atoms with Gasteiger partial charge in [-0.2, -0.15) is 0 Å². The van der Waals surface area contributed by atoms with Crippen LogP contribution in [-0.4, -0.2) is 50.7 Å². The van der Waals surface area contributed by atoms with Crippen LogP contribution in [0.2, 0.25) is 0 Å². The fourth-order valence-electron chi connectivity index (χ4n) is 1.55. The fourth-order valence-corrected chi connectivity index (χ4v) is 1.55. The number of ether oxygens (including phenoxy) is 2.